The summed E-state index contributed by atoms with van der Waals surface area (Å²) in [5, 5.41) is 3.89. The number of aryl methyl sites for hydroxylation is 1. The number of H-pyrrole nitrogens is 1. The van der Waals surface area contributed by atoms with Gasteiger partial charge in [0.2, 0.25) is 10.0 Å². The summed E-state index contributed by atoms with van der Waals surface area (Å²) >= 11 is 0. The molecule has 2 N–H and O–H groups in total. The molecule has 0 saturated carbocycles. The van der Waals surface area contributed by atoms with E-state index < -0.39 is 10.0 Å². The SMILES string of the molecule is COc1ccc(C)cc1S(=O)(=O)N1CCC(CCCCNC(=O)c2cc3cnccc3[nH]2)CC1. The highest BCUT2D eigenvalue weighted by molar-refractivity contribution is 7.89. The molecule has 1 fully saturated rings. The maximum absolute atomic E-state index is 13.2. The van der Waals surface area contributed by atoms with E-state index in [2.05, 4.69) is 15.3 Å². The monoisotopic (exact) mass is 484 g/mol. The van der Waals surface area contributed by atoms with Gasteiger partial charge in [0.05, 0.1) is 7.11 Å². The summed E-state index contributed by atoms with van der Waals surface area (Å²) in [5.74, 6) is 0.780. The molecule has 0 radical (unpaired) electrons. The van der Waals surface area contributed by atoms with Crippen LogP contribution in [0.4, 0.5) is 0 Å². The lowest BCUT2D eigenvalue weighted by Crippen LogP contribution is -2.38. The van der Waals surface area contributed by atoms with Crippen LogP contribution in [0.5, 0.6) is 5.75 Å². The predicted molar refractivity (Wildman–Crippen MR) is 131 cm³/mol. The zero-order chi connectivity index (χ0) is 24.1. The lowest BCUT2D eigenvalue weighted by molar-refractivity contribution is 0.0948. The van der Waals surface area contributed by atoms with Gasteiger partial charge in [-0.2, -0.15) is 4.31 Å². The van der Waals surface area contributed by atoms with Gasteiger partial charge in [-0.3, -0.25) is 9.78 Å². The molecule has 2 aromatic heterocycles. The number of piperidine rings is 1. The van der Waals surface area contributed by atoms with Crippen molar-refractivity contribution in [3.05, 3.63) is 54.0 Å². The Hall–Kier alpha value is -2.91. The third-order valence-corrected chi connectivity index (χ3v) is 8.42. The Balaban J connectivity index is 1.20. The molecular weight excluding hydrogens is 452 g/mol. The molecule has 9 heteroatoms. The standard InChI is InChI=1S/C25H32N4O4S/c1-18-6-7-23(33-2)24(15-18)34(31,32)29-13-9-19(10-14-29)5-3-4-11-27-25(30)22-16-20-17-26-12-8-21(20)28-22/h6-8,12,15-17,19,28H,3-5,9-11,13-14H2,1-2H3,(H,27,30). The fraction of sp³-hybridized carbons (Fsp3) is 0.440. The second-order valence-electron chi connectivity index (χ2n) is 8.90. The van der Waals surface area contributed by atoms with E-state index in [1.807, 2.05) is 25.1 Å². The van der Waals surface area contributed by atoms with E-state index in [-0.39, 0.29) is 10.8 Å². The number of hydrogen-bond donors (Lipinski definition) is 2. The molecule has 0 atom stereocenters. The van der Waals surface area contributed by atoms with Crippen molar-refractivity contribution in [3.63, 3.8) is 0 Å². The molecule has 1 aliphatic rings. The van der Waals surface area contributed by atoms with Crippen LogP contribution in [0.2, 0.25) is 0 Å². The molecule has 8 nitrogen and oxygen atoms in total. The normalized spacial score (nSPS) is 15.5. The quantitative estimate of drug-likeness (QED) is 0.449. The topological polar surface area (TPSA) is 104 Å². The van der Waals surface area contributed by atoms with Gasteiger partial charge >= 0.3 is 0 Å². The van der Waals surface area contributed by atoms with Crippen molar-refractivity contribution in [2.24, 2.45) is 5.92 Å². The minimum Gasteiger partial charge on any atom is -0.495 e. The first-order valence-corrected chi connectivity index (χ1v) is 13.2. The summed E-state index contributed by atoms with van der Waals surface area (Å²) in [6.07, 6.45) is 8.06. The Labute approximate surface area is 200 Å². The Morgan fingerprint density at radius 2 is 2.00 bits per heavy atom. The molecule has 1 saturated heterocycles. The van der Waals surface area contributed by atoms with E-state index in [1.54, 1.807) is 28.8 Å². The van der Waals surface area contributed by atoms with Gasteiger partial charge in [-0.15, -0.1) is 0 Å². The number of nitrogens with zero attached hydrogens (tertiary/aromatic N) is 2. The molecule has 1 aromatic carbocycles. The maximum atomic E-state index is 13.2. The molecule has 0 spiro atoms. The number of nitrogens with one attached hydrogen (secondary N) is 2. The second-order valence-corrected chi connectivity index (χ2v) is 10.8. The van der Waals surface area contributed by atoms with Crippen LogP contribution in [0.25, 0.3) is 10.9 Å². The number of hydrogen-bond acceptors (Lipinski definition) is 5. The number of sulfonamides is 1. The number of rotatable bonds is 9. The van der Waals surface area contributed by atoms with Crippen molar-refractivity contribution in [3.8, 4) is 5.75 Å². The predicted octanol–water partition coefficient (Wildman–Crippen LogP) is 3.88. The number of fused-ring (bicyclic) bond motifs is 1. The summed E-state index contributed by atoms with van der Waals surface area (Å²) in [4.78, 5) is 19.8. The number of benzene rings is 1. The van der Waals surface area contributed by atoms with Gasteiger partial charge in [0.25, 0.3) is 5.91 Å². The fourth-order valence-electron chi connectivity index (χ4n) is 4.51. The molecule has 3 heterocycles. The Kier molecular flexibility index (Phi) is 7.53. The maximum Gasteiger partial charge on any atom is 0.267 e. The van der Waals surface area contributed by atoms with Crippen molar-refractivity contribution < 1.29 is 17.9 Å². The molecule has 182 valence electrons. The van der Waals surface area contributed by atoms with Crippen LogP contribution < -0.4 is 10.1 Å². The number of methoxy groups -OCH3 is 1. The van der Waals surface area contributed by atoms with Gasteiger partial charge in [-0.25, -0.2) is 8.42 Å². The van der Waals surface area contributed by atoms with E-state index in [4.69, 9.17) is 4.74 Å². The minimum absolute atomic E-state index is 0.110. The van der Waals surface area contributed by atoms with Gasteiger partial charge in [-0.05, 0) is 61.9 Å². The zero-order valence-corrected chi connectivity index (χ0v) is 20.5. The number of carbonyl (C=O) groups is 1. The number of amides is 1. The van der Waals surface area contributed by atoms with Crippen LogP contribution in [-0.2, 0) is 10.0 Å². The van der Waals surface area contributed by atoms with Crippen molar-refractivity contribution in [2.75, 3.05) is 26.7 Å². The van der Waals surface area contributed by atoms with Crippen LogP contribution in [-0.4, -0.2) is 55.3 Å². The molecule has 1 aliphatic heterocycles. The van der Waals surface area contributed by atoms with E-state index in [1.165, 1.54) is 7.11 Å². The molecule has 3 aromatic rings. The van der Waals surface area contributed by atoms with Crippen molar-refractivity contribution in [1.82, 2.24) is 19.6 Å². The van der Waals surface area contributed by atoms with E-state index in [9.17, 15) is 13.2 Å². The first-order valence-electron chi connectivity index (χ1n) is 11.7. The number of pyridine rings is 1. The summed E-state index contributed by atoms with van der Waals surface area (Å²) < 4.78 is 33.2. The van der Waals surface area contributed by atoms with Crippen molar-refractivity contribution >= 4 is 26.8 Å². The smallest absolute Gasteiger partial charge is 0.267 e. The molecule has 1 amide bonds. The largest absolute Gasteiger partial charge is 0.495 e. The summed E-state index contributed by atoms with van der Waals surface area (Å²) in [6.45, 7) is 3.55. The second kappa shape index (κ2) is 10.6. The molecular formula is C25H32N4O4S. The summed E-state index contributed by atoms with van der Waals surface area (Å²) in [5.41, 5.74) is 2.33. The molecule has 0 unspecified atom stereocenters. The Morgan fingerprint density at radius 3 is 2.74 bits per heavy atom. The Bertz CT molecular complexity index is 1210. The zero-order valence-electron chi connectivity index (χ0n) is 19.7. The highest BCUT2D eigenvalue weighted by Crippen LogP contribution is 2.31. The molecule has 34 heavy (non-hydrogen) atoms. The van der Waals surface area contributed by atoms with Gasteiger partial charge in [0.1, 0.15) is 16.3 Å². The van der Waals surface area contributed by atoms with Crippen LogP contribution in [0.1, 0.15) is 48.2 Å². The van der Waals surface area contributed by atoms with Crippen LogP contribution >= 0.6 is 0 Å². The highest BCUT2D eigenvalue weighted by Gasteiger charge is 2.31. The lowest BCUT2D eigenvalue weighted by Gasteiger charge is -2.31. The number of ether oxygens (including phenoxy) is 1. The number of unbranched alkanes of at least 4 members (excludes halogenated alkanes) is 1. The van der Waals surface area contributed by atoms with Crippen LogP contribution in [0, 0.1) is 12.8 Å². The van der Waals surface area contributed by atoms with E-state index in [0.717, 1.165) is 48.6 Å². The van der Waals surface area contributed by atoms with Crippen LogP contribution in [0.3, 0.4) is 0 Å². The third-order valence-electron chi connectivity index (χ3n) is 6.50. The average Bonchev–Trinajstić information content (AvgIpc) is 3.28. The van der Waals surface area contributed by atoms with Gasteiger partial charge in [0.15, 0.2) is 0 Å². The first-order chi connectivity index (χ1) is 16.4. The molecule has 4 rings (SSSR count). The van der Waals surface area contributed by atoms with Gasteiger partial charge in [0, 0.05) is 42.9 Å². The molecule has 0 aliphatic carbocycles. The number of aromatic amines is 1. The highest BCUT2D eigenvalue weighted by atomic mass is 32.2. The number of aromatic nitrogens is 2. The Morgan fingerprint density at radius 1 is 1.21 bits per heavy atom. The van der Waals surface area contributed by atoms with Gasteiger partial charge < -0.3 is 15.0 Å². The fourth-order valence-corrected chi connectivity index (χ4v) is 6.22. The average molecular weight is 485 g/mol. The molecule has 0 bridgehead atoms. The number of carbonyl (C=O) groups excluding carboxylic acids is 1. The van der Waals surface area contributed by atoms with Crippen molar-refractivity contribution in [2.45, 2.75) is 43.9 Å². The van der Waals surface area contributed by atoms with Crippen molar-refractivity contribution in [1.29, 1.82) is 0 Å². The van der Waals surface area contributed by atoms with E-state index in [0.29, 0.717) is 37.0 Å². The van der Waals surface area contributed by atoms with Gasteiger partial charge in [-0.1, -0.05) is 18.9 Å². The summed E-state index contributed by atoms with van der Waals surface area (Å²) in [6, 6.07) is 8.90. The van der Waals surface area contributed by atoms with Crippen LogP contribution in [0.15, 0.2) is 47.6 Å². The minimum atomic E-state index is -3.57. The lowest BCUT2D eigenvalue weighted by atomic mass is 9.92. The van der Waals surface area contributed by atoms with E-state index >= 15 is 0 Å². The third kappa shape index (κ3) is 5.42. The first kappa shape index (κ1) is 24.2. The summed E-state index contributed by atoms with van der Waals surface area (Å²) in [7, 11) is -2.08.